The minimum absolute atomic E-state index is 0.659. The maximum absolute atomic E-state index is 10.6. The largest absolute Gasteiger partial charge is 0.494 e. The van der Waals surface area contributed by atoms with E-state index in [9.17, 15) is 4.79 Å². The Morgan fingerprint density at radius 1 is 1.44 bits per heavy atom. The molecule has 0 radical (unpaired) electrons. The van der Waals surface area contributed by atoms with Crippen molar-refractivity contribution in [3.05, 3.63) is 28.2 Å². The summed E-state index contributed by atoms with van der Waals surface area (Å²) < 4.78 is 6.44. The molecule has 0 spiro atoms. The van der Waals surface area contributed by atoms with Gasteiger partial charge >= 0.3 is 0 Å². The zero-order chi connectivity index (χ0) is 11.4. The van der Waals surface area contributed by atoms with E-state index in [2.05, 4.69) is 15.9 Å². The van der Waals surface area contributed by atoms with Gasteiger partial charge < -0.3 is 4.74 Å². The molecule has 0 saturated heterocycles. The summed E-state index contributed by atoms with van der Waals surface area (Å²) in [4.78, 5) is 10.6. The quantitative estimate of drug-likeness (QED) is 0.768. The van der Waals surface area contributed by atoms with Crippen molar-refractivity contribution in [2.24, 2.45) is 5.92 Å². The van der Waals surface area contributed by atoms with Crippen molar-refractivity contribution in [1.29, 1.82) is 0 Å². The number of ether oxygens (including phenoxy) is 1. The van der Waals surface area contributed by atoms with Crippen LogP contribution in [0.1, 0.15) is 36.0 Å². The van der Waals surface area contributed by atoms with E-state index in [4.69, 9.17) is 4.74 Å². The van der Waals surface area contributed by atoms with E-state index in [-0.39, 0.29) is 0 Å². The molecule has 86 valence electrons. The summed E-state index contributed by atoms with van der Waals surface area (Å²) in [5.74, 6) is 1.70. The molecule has 0 unspecified atom stereocenters. The molecule has 0 amide bonds. The highest BCUT2D eigenvalue weighted by Crippen LogP contribution is 2.29. The van der Waals surface area contributed by atoms with E-state index >= 15 is 0 Å². The van der Waals surface area contributed by atoms with Gasteiger partial charge in [-0.15, -0.1) is 0 Å². The van der Waals surface area contributed by atoms with Crippen LogP contribution in [0.4, 0.5) is 0 Å². The molecular weight excluding hydrogens is 268 g/mol. The zero-order valence-corrected chi connectivity index (χ0v) is 10.7. The number of halogens is 1. The van der Waals surface area contributed by atoms with Gasteiger partial charge in [-0.3, -0.25) is 4.79 Å². The predicted octanol–water partition coefficient (Wildman–Crippen LogP) is 3.83. The zero-order valence-electron chi connectivity index (χ0n) is 9.12. The maximum atomic E-state index is 10.6. The fourth-order valence-corrected chi connectivity index (χ4v) is 2.27. The Kier molecular flexibility index (Phi) is 3.99. The second-order valence-corrected chi connectivity index (χ2v) is 5.09. The van der Waals surface area contributed by atoms with Crippen molar-refractivity contribution in [2.45, 2.75) is 25.7 Å². The minimum Gasteiger partial charge on any atom is -0.494 e. The highest BCUT2D eigenvalue weighted by molar-refractivity contribution is 9.10. The molecule has 1 aromatic rings. The van der Waals surface area contributed by atoms with Crippen LogP contribution in [0.15, 0.2) is 22.7 Å². The average Bonchev–Trinajstić information content (AvgIpc) is 2.22. The van der Waals surface area contributed by atoms with Gasteiger partial charge in [0.25, 0.3) is 0 Å². The van der Waals surface area contributed by atoms with Crippen LogP contribution in [0, 0.1) is 5.92 Å². The molecule has 1 aliphatic rings. The summed E-state index contributed by atoms with van der Waals surface area (Å²) in [5.41, 5.74) is 0.659. The molecule has 2 nitrogen and oxygen atoms in total. The van der Waals surface area contributed by atoms with Gasteiger partial charge in [0.1, 0.15) is 5.75 Å². The van der Waals surface area contributed by atoms with Crippen LogP contribution in [-0.2, 0) is 0 Å². The highest BCUT2D eigenvalue weighted by Gasteiger charge is 2.16. The lowest BCUT2D eigenvalue weighted by Gasteiger charge is -2.24. The van der Waals surface area contributed by atoms with E-state index in [1.807, 2.05) is 12.1 Å². The van der Waals surface area contributed by atoms with E-state index in [0.29, 0.717) is 5.56 Å². The Morgan fingerprint density at radius 2 is 2.25 bits per heavy atom. The highest BCUT2D eigenvalue weighted by atomic mass is 79.9. The Morgan fingerprint density at radius 3 is 2.81 bits per heavy atom. The van der Waals surface area contributed by atoms with Crippen molar-refractivity contribution in [3.63, 3.8) is 0 Å². The second-order valence-electron chi connectivity index (χ2n) is 4.24. The molecule has 1 saturated carbocycles. The fraction of sp³-hybridized carbons (Fsp3) is 0.462. The van der Waals surface area contributed by atoms with Crippen molar-refractivity contribution >= 4 is 22.2 Å². The summed E-state index contributed by atoms with van der Waals surface area (Å²) in [6.07, 6.45) is 6.08. The molecule has 0 heterocycles. The van der Waals surface area contributed by atoms with Gasteiger partial charge in [0.2, 0.25) is 0 Å². The van der Waals surface area contributed by atoms with Crippen molar-refractivity contribution in [2.75, 3.05) is 6.61 Å². The summed E-state index contributed by atoms with van der Waals surface area (Å²) in [7, 11) is 0. The molecule has 0 N–H and O–H groups in total. The molecule has 3 heteroatoms. The first kappa shape index (κ1) is 11.6. The number of rotatable bonds is 5. The molecule has 2 rings (SSSR count). The van der Waals surface area contributed by atoms with Crippen LogP contribution in [0.5, 0.6) is 5.75 Å². The van der Waals surface area contributed by atoms with Crippen LogP contribution in [0.3, 0.4) is 0 Å². The molecule has 1 aromatic carbocycles. The van der Waals surface area contributed by atoms with Crippen LogP contribution >= 0.6 is 15.9 Å². The molecule has 0 aliphatic heterocycles. The third-order valence-electron chi connectivity index (χ3n) is 3.12. The number of carbonyl (C=O) groups excluding carboxylic acids is 1. The molecule has 0 aromatic heterocycles. The van der Waals surface area contributed by atoms with Gasteiger partial charge in [0, 0.05) is 10.0 Å². The van der Waals surface area contributed by atoms with Crippen LogP contribution in [0.2, 0.25) is 0 Å². The van der Waals surface area contributed by atoms with E-state index < -0.39 is 0 Å². The van der Waals surface area contributed by atoms with Crippen LogP contribution < -0.4 is 4.74 Å². The fourth-order valence-electron chi connectivity index (χ4n) is 1.82. The van der Waals surface area contributed by atoms with E-state index in [1.54, 1.807) is 6.07 Å². The minimum atomic E-state index is 0.659. The standard InChI is InChI=1S/C13H15BrO2/c14-13-8-12(5-4-11(13)9-15)16-7-6-10-2-1-3-10/h4-5,8-10H,1-3,6-7H2. The lowest BCUT2D eigenvalue weighted by atomic mass is 9.83. The van der Waals surface area contributed by atoms with Gasteiger partial charge in [0.15, 0.2) is 6.29 Å². The summed E-state index contributed by atoms with van der Waals surface area (Å²) in [6, 6.07) is 5.47. The first-order chi connectivity index (χ1) is 7.79. The number of benzene rings is 1. The van der Waals surface area contributed by atoms with E-state index in [1.165, 1.54) is 19.3 Å². The SMILES string of the molecule is O=Cc1ccc(OCCC2CCC2)cc1Br. The first-order valence-corrected chi connectivity index (χ1v) is 6.46. The second kappa shape index (κ2) is 5.48. The summed E-state index contributed by atoms with van der Waals surface area (Å²) in [5, 5.41) is 0. The number of hydrogen-bond donors (Lipinski definition) is 0. The average molecular weight is 283 g/mol. The van der Waals surface area contributed by atoms with Crippen molar-refractivity contribution in [3.8, 4) is 5.75 Å². The Labute approximate surface area is 104 Å². The summed E-state index contributed by atoms with van der Waals surface area (Å²) >= 11 is 3.34. The Bertz CT molecular complexity index is 372. The maximum Gasteiger partial charge on any atom is 0.151 e. The topological polar surface area (TPSA) is 26.3 Å². The lowest BCUT2D eigenvalue weighted by molar-refractivity contribution is 0.112. The van der Waals surface area contributed by atoms with Crippen molar-refractivity contribution in [1.82, 2.24) is 0 Å². The molecule has 0 atom stereocenters. The first-order valence-electron chi connectivity index (χ1n) is 5.67. The number of carbonyl (C=O) groups is 1. The smallest absolute Gasteiger partial charge is 0.151 e. The van der Waals surface area contributed by atoms with Gasteiger partial charge in [-0.05, 0) is 46.5 Å². The number of aldehydes is 1. The van der Waals surface area contributed by atoms with Crippen LogP contribution in [-0.4, -0.2) is 12.9 Å². The Hall–Kier alpha value is -0.830. The third-order valence-corrected chi connectivity index (χ3v) is 3.81. The van der Waals surface area contributed by atoms with Crippen LogP contribution in [0.25, 0.3) is 0 Å². The Balaban J connectivity index is 1.84. The van der Waals surface area contributed by atoms with Gasteiger partial charge in [0.05, 0.1) is 6.61 Å². The lowest BCUT2D eigenvalue weighted by Crippen LogP contribution is -2.14. The van der Waals surface area contributed by atoms with Gasteiger partial charge in [-0.25, -0.2) is 0 Å². The third kappa shape index (κ3) is 2.85. The molecule has 16 heavy (non-hydrogen) atoms. The van der Waals surface area contributed by atoms with E-state index in [0.717, 1.165) is 35.5 Å². The molecule has 1 aliphatic carbocycles. The normalized spacial score (nSPS) is 15.6. The molecule has 0 bridgehead atoms. The van der Waals surface area contributed by atoms with Crippen molar-refractivity contribution < 1.29 is 9.53 Å². The number of hydrogen-bond acceptors (Lipinski definition) is 2. The molecule has 1 fully saturated rings. The predicted molar refractivity (Wildman–Crippen MR) is 67.0 cm³/mol. The van der Waals surface area contributed by atoms with Gasteiger partial charge in [-0.1, -0.05) is 19.3 Å². The monoisotopic (exact) mass is 282 g/mol. The van der Waals surface area contributed by atoms with Gasteiger partial charge in [-0.2, -0.15) is 0 Å². The summed E-state index contributed by atoms with van der Waals surface area (Å²) in [6.45, 7) is 0.775. The molecular formula is C13H15BrO2.